The molecule has 0 aliphatic carbocycles. The Kier molecular flexibility index (Phi) is 12.4. The van der Waals surface area contributed by atoms with Crippen LogP contribution in [0.25, 0.3) is 0 Å². The van der Waals surface area contributed by atoms with E-state index in [0.717, 1.165) is 0 Å². The summed E-state index contributed by atoms with van der Waals surface area (Å²) in [5.41, 5.74) is -0.200. The van der Waals surface area contributed by atoms with Gasteiger partial charge in [-0.3, -0.25) is 14.4 Å². The first kappa shape index (κ1) is 35.6. The number of aromatic hydroxyl groups is 3. The Bertz CT molecular complexity index is 1310. The Morgan fingerprint density at radius 1 is 0.850 bits per heavy atom. The van der Waals surface area contributed by atoms with E-state index in [2.05, 4.69) is 16.0 Å². The molecule has 2 aromatic rings. The SMILES string of the molecule is COc1c(C(=O)NCCNCCNC(=O)c2cc(C)n(C)c(=O)c2O)c(O)c(O)c(C(C)(C)C)c1C(C)(C)C.[Gd]. The van der Waals surface area contributed by atoms with Gasteiger partial charge in [0.2, 0.25) is 0 Å². The van der Waals surface area contributed by atoms with Crippen LogP contribution in [0.5, 0.6) is 23.0 Å². The number of carbonyl (C=O) groups excluding carboxylic acids is 2. The van der Waals surface area contributed by atoms with Gasteiger partial charge in [0.15, 0.2) is 17.2 Å². The van der Waals surface area contributed by atoms with E-state index in [-0.39, 0.29) is 75.7 Å². The molecule has 0 atom stereocenters. The van der Waals surface area contributed by atoms with Gasteiger partial charge in [-0.15, -0.1) is 0 Å². The molecule has 12 heteroatoms. The molecule has 1 heterocycles. The summed E-state index contributed by atoms with van der Waals surface area (Å²) in [5.74, 6) is -2.44. The van der Waals surface area contributed by atoms with Gasteiger partial charge in [-0.05, 0) is 23.8 Å². The summed E-state index contributed by atoms with van der Waals surface area (Å²) in [6.45, 7) is 14.3. The second-order valence-corrected chi connectivity index (χ2v) is 11.5. The first-order valence-electron chi connectivity index (χ1n) is 12.8. The van der Waals surface area contributed by atoms with Gasteiger partial charge >= 0.3 is 0 Å². The minimum atomic E-state index is -0.646. The number of rotatable bonds is 9. The quantitative estimate of drug-likeness (QED) is 0.171. The normalized spacial score (nSPS) is 11.5. The Morgan fingerprint density at radius 2 is 1.35 bits per heavy atom. The van der Waals surface area contributed by atoms with E-state index in [1.54, 1.807) is 6.92 Å². The third-order valence-corrected chi connectivity index (χ3v) is 6.40. The number of methoxy groups -OCH3 is 1. The van der Waals surface area contributed by atoms with Gasteiger partial charge in [0.05, 0.1) is 12.7 Å². The number of hydrogen-bond acceptors (Lipinski definition) is 8. The van der Waals surface area contributed by atoms with Crippen LogP contribution >= 0.6 is 0 Å². The third kappa shape index (κ3) is 7.87. The summed E-state index contributed by atoms with van der Waals surface area (Å²) in [4.78, 5) is 37.4. The second kappa shape index (κ2) is 14.0. The molecular weight excluding hydrogens is 662 g/mol. The third-order valence-electron chi connectivity index (χ3n) is 6.40. The van der Waals surface area contributed by atoms with Crippen molar-refractivity contribution >= 4 is 11.8 Å². The van der Waals surface area contributed by atoms with Crippen molar-refractivity contribution in [3.05, 3.63) is 44.4 Å². The maximum atomic E-state index is 13.1. The molecule has 2 rings (SSSR count). The van der Waals surface area contributed by atoms with Gasteiger partial charge in [-0.25, -0.2) is 0 Å². The standard InChI is InChI=1S/C28H42N4O7.Gd/c1-15-14-16(20(33)26(38)32(15)8)24(36)30-12-10-29-11-13-31-25(37)17-21(34)22(35)18(27(2,3)4)19(23(17)39-9)28(5,6)7;/h14,29,33-35H,10-13H2,1-9H3,(H,30,36)(H,31,37);. The molecule has 0 unspecified atom stereocenters. The number of carbonyl (C=O) groups is 2. The van der Waals surface area contributed by atoms with E-state index < -0.39 is 39.7 Å². The Balaban J connectivity index is 0.00000800. The number of amides is 2. The van der Waals surface area contributed by atoms with Crippen LogP contribution in [0.3, 0.4) is 0 Å². The minimum absolute atomic E-state index is 0. The van der Waals surface area contributed by atoms with Crippen molar-refractivity contribution < 1.29 is 69.6 Å². The summed E-state index contributed by atoms with van der Waals surface area (Å²) >= 11 is 0. The molecule has 0 fully saturated rings. The van der Waals surface area contributed by atoms with Crippen LogP contribution in [0, 0.1) is 46.9 Å². The fourth-order valence-corrected chi connectivity index (χ4v) is 4.38. The number of aromatic nitrogens is 1. The van der Waals surface area contributed by atoms with Crippen molar-refractivity contribution in [1.29, 1.82) is 0 Å². The molecular formula is C28H42GdN4O7. The summed E-state index contributed by atoms with van der Waals surface area (Å²) in [5, 5.41) is 40.1. The Morgan fingerprint density at radius 3 is 1.82 bits per heavy atom. The fourth-order valence-electron chi connectivity index (χ4n) is 4.38. The molecule has 0 bridgehead atoms. The van der Waals surface area contributed by atoms with E-state index >= 15 is 0 Å². The molecule has 0 saturated carbocycles. The zero-order chi connectivity index (χ0) is 29.9. The predicted molar refractivity (Wildman–Crippen MR) is 149 cm³/mol. The zero-order valence-electron chi connectivity index (χ0n) is 24.7. The van der Waals surface area contributed by atoms with Crippen molar-refractivity contribution in [2.24, 2.45) is 7.05 Å². The topological polar surface area (TPSA) is 162 Å². The average Bonchev–Trinajstić information content (AvgIpc) is 2.83. The minimum Gasteiger partial charge on any atom is -0.504 e. The van der Waals surface area contributed by atoms with Gasteiger partial charge in [0, 0.05) is 90.0 Å². The van der Waals surface area contributed by atoms with Crippen LogP contribution in [0.15, 0.2) is 10.9 Å². The number of phenolic OH excluding ortho intramolecular Hbond substituents is 2. The van der Waals surface area contributed by atoms with E-state index in [1.807, 2.05) is 41.5 Å². The van der Waals surface area contributed by atoms with Crippen LogP contribution in [-0.2, 0) is 17.9 Å². The maximum absolute atomic E-state index is 13.1. The van der Waals surface area contributed by atoms with Gasteiger partial charge in [0.1, 0.15) is 11.3 Å². The molecule has 2 amide bonds. The number of pyridine rings is 1. The zero-order valence-corrected chi connectivity index (χ0v) is 26.9. The molecule has 1 aromatic carbocycles. The van der Waals surface area contributed by atoms with E-state index in [4.69, 9.17) is 4.74 Å². The summed E-state index contributed by atoms with van der Waals surface area (Å²) in [6.07, 6.45) is 0. The van der Waals surface area contributed by atoms with Crippen molar-refractivity contribution in [3.63, 3.8) is 0 Å². The average molecular weight is 704 g/mol. The van der Waals surface area contributed by atoms with E-state index in [1.165, 1.54) is 24.8 Å². The molecule has 1 aromatic heterocycles. The van der Waals surface area contributed by atoms with Crippen LogP contribution < -0.4 is 26.2 Å². The number of benzene rings is 1. The Hall–Kier alpha value is -2.41. The van der Waals surface area contributed by atoms with Gasteiger partial charge in [0.25, 0.3) is 17.4 Å². The first-order chi connectivity index (χ1) is 17.9. The van der Waals surface area contributed by atoms with Crippen LogP contribution in [0.4, 0.5) is 0 Å². The molecule has 0 spiro atoms. The molecule has 0 radical (unpaired) electrons. The number of phenols is 2. The van der Waals surface area contributed by atoms with Crippen molar-refractivity contribution in [3.8, 4) is 23.0 Å². The number of aryl methyl sites for hydroxylation is 1. The molecule has 6 N–H and O–H groups in total. The van der Waals surface area contributed by atoms with Crippen LogP contribution in [-0.4, -0.2) is 65.0 Å². The molecule has 40 heavy (non-hydrogen) atoms. The summed E-state index contributed by atoms with van der Waals surface area (Å²) < 4.78 is 6.87. The number of hydrogen-bond donors (Lipinski definition) is 6. The number of nitrogens with zero attached hydrogens (tertiary/aromatic N) is 1. The van der Waals surface area contributed by atoms with Crippen LogP contribution in [0.2, 0.25) is 0 Å². The summed E-state index contributed by atoms with van der Waals surface area (Å²) in [6, 6.07) is 1.44. The molecule has 0 aliphatic heterocycles. The van der Waals surface area contributed by atoms with E-state index in [0.29, 0.717) is 29.9 Å². The van der Waals surface area contributed by atoms with Gasteiger partial charge in [-0.2, -0.15) is 0 Å². The van der Waals surface area contributed by atoms with E-state index in [9.17, 15) is 29.7 Å². The summed E-state index contributed by atoms with van der Waals surface area (Å²) in [7, 11) is 2.93. The van der Waals surface area contributed by atoms with Crippen molar-refractivity contribution in [2.75, 3.05) is 33.3 Å². The molecule has 224 valence electrons. The van der Waals surface area contributed by atoms with Gasteiger partial charge < -0.3 is 40.6 Å². The largest absolute Gasteiger partial charge is 0.504 e. The fraction of sp³-hybridized carbons (Fsp3) is 0.536. The second-order valence-electron chi connectivity index (χ2n) is 11.5. The maximum Gasteiger partial charge on any atom is 0.293 e. The molecule has 0 aliphatic rings. The first-order valence-corrected chi connectivity index (χ1v) is 12.8. The Labute approximate surface area is 267 Å². The number of ether oxygens (including phenoxy) is 1. The predicted octanol–water partition coefficient (Wildman–Crippen LogP) is 2.16. The van der Waals surface area contributed by atoms with Crippen LogP contribution in [0.1, 0.15) is 79.1 Å². The molecule has 0 saturated heterocycles. The van der Waals surface area contributed by atoms with Crippen molar-refractivity contribution in [2.45, 2.75) is 59.3 Å². The monoisotopic (exact) mass is 704 g/mol. The van der Waals surface area contributed by atoms with Crippen molar-refractivity contribution in [1.82, 2.24) is 20.5 Å². The molecule has 11 nitrogen and oxygen atoms in total. The van der Waals surface area contributed by atoms with Gasteiger partial charge in [-0.1, -0.05) is 41.5 Å². The number of nitrogens with one attached hydrogen (secondary N) is 3. The smallest absolute Gasteiger partial charge is 0.293 e.